The Bertz CT molecular complexity index is 785. The molecule has 0 radical (unpaired) electrons. The number of aryl methyl sites for hydroxylation is 1. The van der Waals surface area contributed by atoms with Gasteiger partial charge in [0, 0.05) is 17.1 Å². The summed E-state index contributed by atoms with van der Waals surface area (Å²) in [6.45, 7) is 4.61. The predicted octanol–water partition coefficient (Wildman–Crippen LogP) is 3.60. The van der Waals surface area contributed by atoms with Gasteiger partial charge in [-0.1, -0.05) is 40.7 Å². The minimum Gasteiger partial charge on any atom is -0.338 e. The molecule has 0 atom stereocenters. The largest absolute Gasteiger partial charge is 0.338 e. The standard InChI is InChI=1S/C14H14ClN5OS/c1-3-20-13(10-5-4-6-11(15)7-10)17-18-14(20)22-8-12-16-9(2)19-21-12/h4-7H,3,8H2,1-2H3. The number of thioether (sulfide) groups is 1. The van der Waals surface area contributed by atoms with Crippen LogP contribution in [0.4, 0.5) is 0 Å². The van der Waals surface area contributed by atoms with Crippen molar-refractivity contribution in [3.8, 4) is 11.4 Å². The van der Waals surface area contributed by atoms with Crippen LogP contribution >= 0.6 is 23.4 Å². The molecular formula is C14H14ClN5OS. The van der Waals surface area contributed by atoms with E-state index < -0.39 is 0 Å². The van der Waals surface area contributed by atoms with E-state index in [9.17, 15) is 0 Å². The zero-order chi connectivity index (χ0) is 15.5. The number of hydrogen-bond donors (Lipinski definition) is 0. The Hall–Kier alpha value is -1.86. The van der Waals surface area contributed by atoms with Crippen molar-refractivity contribution in [2.75, 3.05) is 0 Å². The Kier molecular flexibility index (Phi) is 4.44. The monoisotopic (exact) mass is 335 g/mol. The van der Waals surface area contributed by atoms with E-state index in [2.05, 4.69) is 27.3 Å². The third-order valence-corrected chi connectivity index (χ3v) is 4.20. The van der Waals surface area contributed by atoms with Crippen LogP contribution in [0.5, 0.6) is 0 Å². The summed E-state index contributed by atoms with van der Waals surface area (Å²) in [5, 5.41) is 13.8. The van der Waals surface area contributed by atoms with Crippen LogP contribution in [0.2, 0.25) is 5.02 Å². The topological polar surface area (TPSA) is 69.6 Å². The maximum Gasteiger partial charge on any atom is 0.237 e. The number of halogens is 1. The Morgan fingerprint density at radius 2 is 2.18 bits per heavy atom. The molecule has 0 bridgehead atoms. The van der Waals surface area contributed by atoms with Gasteiger partial charge in [0.15, 0.2) is 16.8 Å². The Balaban J connectivity index is 1.84. The lowest BCUT2D eigenvalue weighted by Gasteiger charge is -2.06. The third-order valence-electron chi connectivity index (χ3n) is 3.01. The molecule has 22 heavy (non-hydrogen) atoms. The second-order valence-corrected chi connectivity index (χ2v) is 5.96. The van der Waals surface area contributed by atoms with E-state index in [4.69, 9.17) is 16.1 Å². The maximum absolute atomic E-state index is 6.05. The van der Waals surface area contributed by atoms with Gasteiger partial charge in [0.05, 0.1) is 5.75 Å². The summed E-state index contributed by atoms with van der Waals surface area (Å²) in [7, 11) is 0. The molecule has 0 amide bonds. The van der Waals surface area contributed by atoms with Crippen molar-refractivity contribution in [2.24, 2.45) is 0 Å². The predicted molar refractivity (Wildman–Crippen MR) is 84.7 cm³/mol. The molecule has 0 spiro atoms. The number of nitrogens with zero attached hydrogens (tertiary/aromatic N) is 5. The molecule has 114 valence electrons. The van der Waals surface area contributed by atoms with Crippen molar-refractivity contribution in [2.45, 2.75) is 31.3 Å². The van der Waals surface area contributed by atoms with E-state index in [1.165, 1.54) is 11.8 Å². The molecule has 0 fully saturated rings. The Labute approximate surface area is 136 Å². The molecule has 0 aliphatic rings. The fraction of sp³-hybridized carbons (Fsp3) is 0.286. The molecule has 0 saturated heterocycles. The minimum absolute atomic E-state index is 0.564. The van der Waals surface area contributed by atoms with Crippen LogP contribution in [0.25, 0.3) is 11.4 Å². The Morgan fingerprint density at radius 3 is 2.86 bits per heavy atom. The van der Waals surface area contributed by atoms with Crippen molar-refractivity contribution >= 4 is 23.4 Å². The molecule has 0 N–H and O–H groups in total. The van der Waals surface area contributed by atoms with Crippen molar-refractivity contribution in [1.29, 1.82) is 0 Å². The quantitative estimate of drug-likeness (QED) is 0.663. The molecule has 1 aromatic carbocycles. The average molecular weight is 336 g/mol. The van der Waals surface area contributed by atoms with Crippen LogP contribution in [-0.2, 0) is 12.3 Å². The van der Waals surface area contributed by atoms with Gasteiger partial charge in [-0.25, -0.2) is 0 Å². The molecule has 0 unspecified atom stereocenters. The maximum atomic E-state index is 6.05. The fourth-order valence-electron chi connectivity index (χ4n) is 2.05. The zero-order valence-corrected chi connectivity index (χ0v) is 13.7. The van der Waals surface area contributed by atoms with Crippen LogP contribution in [0, 0.1) is 6.92 Å². The van der Waals surface area contributed by atoms with Crippen LogP contribution in [0.1, 0.15) is 18.6 Å². The van der Waals surface area contributed by atoms with Gasteiger partial charge in [0.25, 0.3) is 0 Å². The highest BCUT2D eigenvalue weighted by Crippen LogP contribution is 2.27. The zero-order valence-electron chi connectivity index (χ0n) is 12.2. The smallest absolute Gasteiger partial charge is 0.237 e. The van der Waals surface area contributed by atoms with Crippen molar-refractivity contribution in [3.63, 3.8) is 0 Å². The number of rotatable bonds is 5. The van der Waals surface area contributed by atoms with Gasteiger partial charge in [0.1, 0.15) is 0 Å². The number of aromatic nitrogens is 5. The first-order chi connectivity index (χ1) is 10.7. The number of benzene rings is 1. The number of hydrogen-bond acceptors (Lipinski definition) is 6. The summed E-state index contributed by atoms with van der Waals surface area (Å²) < 4.78 is 7.15. The molecular weight excluding hydrogens is 322 g/mol. The van der Waals surface area contributed by atoms with Gasteiger partial charge >= 0.3 is 0 Å². The van der Waals surface area contributed by atoms with E-state index in [-0.39, 0.29) is 0 Å². The van der Waals surface area contributed by atoms with Crippen LogP contribution in [-0.4, -0.2) is 24.9 Å². The van der Waals surface area contributed by atoms with E-state index >= 15 is 0 Å². The summed E-state index contributed by atoms with van der Waals surface area (Å²) in [4.78, 5) is 4.18. The minimum atomic E-state index is 0.564. The van der Waals surface area contributed by atoms with E-state index in [0.29, 0.717) is 22.5 Å². The molecule has 3 rings (SSSR count). The SMILES string of the molecule is CCn1c(SCc2nc(C)no2)nnc1-c1cccc(Cl)c1. The van der Waals surface area contributed by atoms with Gasteiger partial charge in [-0.15, -0.1) is 10.2 Å². The first-order valence-electron chi connectivity index (χ1n) is 6.78. The highest BCUT2D eigenvalue weighted by Gasteiger charge is 2.14. The van der Waals surface area contributed by atoms with Crippen molar-refractivity contribution < 1.29 is 4.52 Å². The van der Waals surface area contributed by atoms with Gasteiger partial charge in [-0.3, -0.25) is 0 Å². The van der Waals surface area contributed by atoms with E-state index in [1.807, 2.05) is 28.8 Å². The lowest BCUT2D eigenvalue weighted by molar-refractivity contribution is 0.387. The summed E-state index contributed by atoms with van der Waals surface area (Å²) in [6.07, 6.45) is 0. The molecule has 6 nitrogen and oxygen atoms in total. The highest BCUT2D eigenvalue weighted by molar-refractivity contribution is 7.98. The molecule has 0 saturated carbocycles. The summed E-state index contributed by atoms with van der Waals surface area (Å²) >= 11 is 7.57. The fourth-order valence-corrected chi connectivity index (χ4v) is 3.08. The molecule has 2 aromatic heterocycles. The molecule has 3 aromatic rings. The summed E-state index contributed by atoms with van der Waals surface area (Å²) in [6, 6.07) is 7.59. The Morgan fingerprint density at radius 1 is 1.32 bits per heavy atom. The molecule has 0 aliphatic carbocycles. The van der Waals surface area contributed by atoms with Gasteiger partial charge < -0.3 is 9.09 Å². The summed E-state index contributed by atoms with van der Waals surface area (Å²) in [5.41, 5.74) is 0.947. The van der Waals surface area contributed by atoms with Gasteiger partial charge in [0.2, 0.25) is 5.89 Å². The summed E-state index contributed by atoms with van der Waals surface area (Å²) in [5.74, 6) is 2.58. The average Bonchev–Trinajstić information content (AvgIpc) is 3.10. The van der Waals surface area contributed by atoms with E-state index in [0.717, 1.165) is 23.1 Å². The van der Waals surface area contributed by atoms with Crippen LogP contribution in [0.3, 0.4) is 0 Å². The van der Waals surface area contributed by atoms with Crippen LogP contribution in [0.15, 0.2) is 33.9 Å². The van der Waals surface area contributed by atoms with Gasteiger partial charge in [-0.05, 0) is 26.0 Å². The lowest BCUT2D eigenvalue weighted by atomic mass is 10.2. The van der Waals surface area contributed by atoms with Crippen molar-refractivity contribution in [1.82, 2.24) is 24.9 Å². The molecule has 0 aliphatic heterocycles. The van der Waals surface area contributed by atoms with Gasteiger partial charge in [-0.2, -0.15) is 4.98 Å². The second kappa shape index (κ2) is 6.50. The highest BCUT2D eigenvalue weighted by atomic mass is 35.5. The first kappa shape index (κ1) is 15.1. The normalized spacial score (nSPS) is 11.0. The molecule has 8 heteroatoms. The van der Waals surface area contributed by atoms with E-state index in [1.54, 1.807) is 6.92 Å². The second-order valence-electron chi connectivity index (χ2n) is 4.58. The lowest BCUT2D eigenvalue weighted by Crippen LogP contribution is -2.00. The first-order valence-corrected chi connectivity index (χ1v) is 8.15. The molecule has 2 heterocycles. The third kappa shape index (κ3) is 3.15. The van der Waals surface area contributed by atoms with Crippen molar-refractivity contribution in [3.05, 3.63) is 41.0 Å². The van der Waals surface area contributed by atoms with Crippen LogP contribution < -0.4 is 0 Å².